The van der Waals surface area contributed by atoms with Crippen LogP contribution in [0.4, 0.5) is 45.8 Å². The summed E-state index contributed by atoms with van der Waals surface area (Å²) < 4.78 is 13.7. The number of benzene rings is 6. The van der Waals surface area contributed by atoms with E-state index in [0.29, 0.717) is 41.4 Å². The predicted molar refractivity (Wildman–Crippen MR) is 380 cm³/mol. The second kappa shape index (κ2) is 57.9. The number of rotatable bonds is 20. The fraction of sp³-hybridized carbons (Fsp3) is 0.257. The number of nitrogen functional groups attached to an aromatic ring is 1. The molecule has 8 rings (SSSR count). The number of hydrogen-bond donors (Lipinski definition) is 9. The van der Waals surface area contributed by atoms with E-state index in [2.05, 4.69) is 40.1 Å². The van der Waals surface area contributed by atoms with Gasteiger partial charge >= 0.3 is 59.4 Å². The number of carboxylic acids is 2. The molecule has 8 aromatic rings. The van der Waals surface area contributed by atoms with Crippen molar-refractivity contribution in [2.24, 2.45) is 0 Å². The van der Waals surface area contributed by atoms with Crippen LogP contribution in [0.15, 0.2) is 182 Å². The van der Waals surface area contributed by atoms with Gasteiger partial charge in [0, 0.05) is 60.5 Å². The van der Waals surface area contributed by atoms with Gasteiger partial charge in [0.1, 0.15) is 24.0 Å². The topological polar surface area (TPSA) is 479 Å². The number of anilines is 5. The maximum absolute atomic E-state index is 11.3. The summed E-state index contributed by atoms with van der Waals surface area (Å²) in [5.41, 5.74) is 13.1. The Morgan fingerprint density at radius 3 is 1.01 bits per heavy atom. The largest absolute Gasteiger partial charge is 1.00 e. The van der Waals surface area contributed by atoms with E-state index in [1.807, 2.05) is 46.8 Å². The molecule has 1 amide bonds. The number of methoxy groups -OCH3 is 3. The van der Waals surface area contributed by atoms with Crippen LogP contribution in [0.5, 0.6) is 0 Å². The number of nitro benzene ring substituents is 1. The SMILES string of the molecule is C.C.CC.CC.CCNC(=O)c1ccc(CO)cc1.CO.COC(=O)Cc1ccc(N)cc1.COC(=O)Cc1ccc(Nc2ccc([N+](=O)[O-])cn2)cc1.COC(=O)Cc1ccc(Nc2ccc([N+](=O)[O-])cn2)cc1.O=C(O)Cc1ccc([N+](=O)[O-])cc1.O=C(O)c1ccc(CO)cc1.[Na+].[OH-]. The quantitative estimate of drug-likeness (QED) is 0.00860. The maximum Gasteiger partial charge on any atom is 1.00 e. The standard InChI is InChI=1S/2C14H13N3O4.C10H13NO2.C9H11NO2.C8H7NO4.C8H8O3.2C2H6.CH4O.2CH4.Na.H2O/c2*1-21-14(18)8-10-2-4-11(5-3-10)16-13-7-6-12(9-15-13)17(19)20;1-2-11-10(13)9-5-3-8(7-12)4-6-9;1-12-9(11)6-7-2-4-8(10)5-3-7;10-8(11)5-6-1-3-7(4-2-6)9(12)13;9-5-6-1-3-7(4-2-6)8(10)11;3*1-2;;;;/h2*2-7,9H,8H2,1H3,(H,15,16);3-6,12H,2,7H2,1H3,(H,11,13);2-5H,6,10H2,1H3;1-4H,5H2,(H,10,11);1-4,9H,5H2,(H,10,11);2*1-2H3;2H,1H3;2*1H4;;1H2/q;;;;;;;;;;;+1;/p-1. The Balaban J connectivity index is -0.000000362. The summed E-state index contributed by atoms with van der Waals surface area (Å²) in [5, 5.41) is 81.3. The molecule has 2 heterocycles. The molecule has 0 spiro atoms. The van der Waals surface area contributed by atoms with Gasteiger partial charge in [-0.3, -0.25) is 54.3 Å². The number of aliphatic carboxylic acids is 1. The molecule has 0 saturated heterocycles. The number of non-ortho nitro benzene ring substituents is 1. The third kappa shape index (κ3) is 42.3. The fourth-order valence-electron chi connectivity index (χ4n) is 6.88. The van der Waals surface area contributed by atoms with E-state index >= 15 is 0 Å². The molecule has 101 heavy (non-hydrogen) atoms. The van der Waals surface area contributed by atoms with Gasteiger partial charge in [0.2, 0.25) is 0 Å². The first-order valence-electron chi connectivity index (χ1n) is 29.3. The van der Waals surface area contributed by atoms with Gasteiger partial charge in [0.15, 0.2) is 0 Å². The number of aromatic nitrogens is 2. The summed E-state index contributed by atoms with van der Waals surface area (Å²) in [6.07, 6.45) is 3.00. The molecule has 0 aliphatic rings. The number of esters is 3. The summed E-state index contributed by atoms with van der Waals surface area (Å²) in [5.74, 6) is -1.81. The fourth-order valence-corrected chi connectivity index (χ4v) is 6.88. The van der Waals surface area contributed by atoms with Gasteiger partial charge in [0.25, 0.3) is 23.0 Å². The minimum atomic E-state index is -0.950. The van der Waals surface area contributed by atoms with E-state index in [0.717, 1.165) is 46.3 Å². The molecule has 11 N–H and O–H groups in total. The molecule has 0 atom stereocenters. The zero-order valence-electron chi connectivity index (χ0n) is 56.4. The van der Waals surface area contributed by atoms with Crippen LogP contribution in [0.1, 0.15) is 104 Å². The molecular weight excluding hydrogens is 1330 g/mol. The number of nitro groups is 3. The molecule has 30 nitrogen and oxygen atoms in total. The molecule has 0 aliphatic carbocycles. The molecule has 0 aliphatic heterocycles. The Kier molecular flexibility index (Phi) is 56.5. The van der Waals surface area contributed by atoms with Crippen LogP contribution in [0.25, 0.3) is 0 Å². The third-order valence-corrected chi connectivity index (χ3v) is 11.7. The van der Waals surface area contributed by atoms with E-state index in [4.69, 9.17) is 31.3 Å². The smallest absolute Gasteiger partial charge is 0.870 e. The molecule has 2 aromatic heterocycles. The maximum atomic E-state index is 11.3. The number of amides is 1. The molecule has 31 heteroatoms. The van der Waals surface area contributed by atoms with E-state index in [1.165, 1.54) is 94.4 Å². The average molecular weight is 1420 g/mol. The van der Waals surface area contributed by atoms with E-state index < -0.39 is 26.7 Å². The van der Waals surface area contributed by atoms with Crippen LogP contribution in [0.3, 0.4) is 0 Å². The number of aromatic carboxylic acids is 1. The molecule has 0 radical (unpaired) electrons. The number of pyridine rings is 2. The van der Waals surface area contributed by atoms with E-state index in [9.17, 15) is 59.1 Å². The Hall–Kier alpha value is -11.1. The molecule has 542 valence electrons. The number of aliphatic hydroxyl groups excluding tert-OH is 3. The van der Waals surface area contributed by atoms with Crippen molar-refractivity contribution in [3.05, 3.63) is 257 Å². The van der Waals surface area contributed by atoms with Gasteiger partial charge in [0.05, 0.1) is 80.6 Å². The van der Waals surface area contributed by atoms with Crippen molar-refractivity contribution in [1.29, 1.82) is 0 Å². The number of nitrogens with zero attached hydrogens (tertiary/aromatic N) is 5. The summed E-state index contributed by atoms with van der Waals surface area (Å²) in [4.78, 5) is 103. The number of carbonyl (C=O) groups excluding carboxylic acids is 4. The van der Waals surface area contributed by atoms with E-state index in [1.54, 1.807) is 97.1 Å². The number of nitrogens with one attached hydrogen (secondary N) is 3. The number of nitrogens with two attached hydrogens (primary N) is 1. The van der Waals surface area contributed by atoms with E-state index in [-0.39, 0.29) is 129 Å². The second-order valence-electron chi connectivity index (χ2n) is 18.3. The molecule has 0 saturated carbocycles. The summed E-state index contributed by atoms with van der Waals surface area (Å²) in [7, 11) is 5.07. The third-order valence-electron chi connectivity index (χ3n) is 11.7. The Labute approximate surface area is 608 Å². The zero-order chi connectivity index (χ0) is 73.3. The first kappa shape index (κ1) is 98.6. The van der Waals surface area contributed by atoms with Gasteiger partial charge in [-0.25, -0.2) is 14.8 Å². The minimum absolute atomic E-state index is 0. The van der Waals surface area contributed by atoms with Crippen LogP contribution < -0.4 is 51.2 Å². The monoisotopic (exact) mass is 1420 g/mol. The number of carboxylic acid groups (broad SMARTS) is 2. The number of hydrogen-bond acceptors (Lipinski definition) is 24. The van der Waals surface area contributed by atoms with Gasteiger partial charge < -0.3 is 66.9 Å². The van der Waals surface area contributed by atoms with Crippen LogP contribution >= 0.6 is 0 Å². The van der Waals surface area contributed by atoms with Crippen LogP contribution in [-0.2, 0) is 72.3 Å². The molecule has 0 unspecified atom stereocenters. The molecule has 6 aromatic carbocycles. The molecule has 0 bridgehead atoms. The second-order valence-corrected chi connectivity index (χ2v) is 18.3. The zero-order valence-corrected chi connectivity index (χ0v) is 58.4. The van der Waals surface area contributed by atoms with Gasteiger partial charge in [-0.15, -0.1) is 0 Å². The van der Waals surface area contributed by atoms with Crippen molar-refractivity contribution in [3.63, 3.8) is 0 Å². The number of aliphatic hydroxyl groups is 3. The number of ether oxygens (including phenoxy) is 3. The Morgan fingerprint density at radius 2 is 0.743 bits per heavy atom. The molecule has 0 fully saturated rings. The Bertz CT molecular complexity index is 3520. The van der Waals surface area contributed by atoms with Crippen molar-refractivity contribution in [2.45, 2.75) is 88.4 Å². The first-order chi connectivity index (χ1) is 46.5. The first-order valence-corrected chi connectivity index (χ1v) is 29.3. The minimum Gasteiger partial charge on any atom is -0.870 e. The van der Waals surface area contributed by atoms with Crippen LogP contribution in [0.2, 0.25) is 0 Å². The average Bonchev–Trinajstić information content (AvgIpc) is 0.980. The van der Waals surface area contributed by atoms with Crippen molar-refractivity contribution in [2.75, 3.05) is 51.4 Å². The van der Waals surface area contributed by atoms with Gasteiger partial charge in [-0.2, -0.15) is 0 Å². The van der Waals surface area contributed by atoms with Crippen LogP contribution in [-0.4, -0.2) is 126 Å². The van der Waals surface area contributed by atoms with Crippen molar-refractivity contribution in [1.82, 2.24) is 15.3 Å². The molecular formula is C70H90N9NaO21. The predicted octanol–water partition coefficient (Wildman–Crippen LogP) is 8.67. The Morgan fingerprint density at radius 1 is 0.455 bits per heavy atom. The number of carbonyl (C=O) groups is 6. The van der Waals surface area contributed by atoms with Gasteiger partial charge in [-0.1, -0.05) is 115 Å². The van der Waals surface area contributed by atoms with Crippen molar-refractivity contribution in [3.8, 4) is 0 Å². The summed E-state index contributed by atoms with van der Waals surface area (Å²) in [6.45, 7) is 10.5. The van der Waals surface area contributed by atoms with Crippen LogP contribution in [0, 0.1) is 30.3 Å². The van der Waals surface area contributed by atoms with Gasteiger partial charge in [-0.05, 0) is 113 Å². The normalized spacial score (nSPS) is 8.95. The van der Waals surface area contributed by atoms with Crippen molar-refractivity contribution < 1.29 is 118 Å². The summed E-state index contributed by atoms with van der Waals surface area (Å²) >= 11 is 0. The van der Waals surface area contributed by atoms with Crippen molar-refractivity contribution >= 4 is 81.5 Å². The summed E-state index contributed by atoms with van der Waals surface area (Å²) in [6, 6.07) is 45.8.